The van der Waals surface area contributed by atoms with E-state index in [1.165, 1.54) is 70.6 Å². The van der Waals surface area contributed by atoms with Crippen LogP contribution >= 0.6 is 0 Å². The third-order valence-electron chi connectivity index (χ3n) is 10.9. The number of allylic oxidation sites excluding steroid dienone is 16. The Kier molecular flexibility index (Phi) is 49.0. The maximum atomic E-state index is 12.8. The van der Waals surface area contributed by atoms with E-state index < -0.39 is 6.10 Å². The first-order valence-electron chi connectivity index (χ1n) is 26.3. The molecule has 364 valence electrons. The lowest BCUT2D eigenvalue weighted by Crippen LogP contribution is -2.30. The maximum Gasteiger partial charge on any atom is 0.306 e. The fourth-order valence-electron chi connectivity index (χ4n) is 6.94. The van der Waals surface area contributed by atoms with E-state index in [-0.39, 0.29) is 31.1 Å². The van der Waals surface area contributed by atoms with Crippen molar-refractivity contribution >= 4 is 17.9 Å². The summed E-state index contributed by atoms with van der Waals surface area (Å²) in [5.74, 6) is -0.955. The Bertz CT molecular complexity index is 1300. The molecular formula is C58H96O6. The summed E-state index contributed by atoms with van der Waals surface area (Å²) >= 11 is 0. The maximum absolute atomic E-state index is 12.8. The highest BCUT2D eigenvalue weighted by molar-refractivity contribution is 5.71. The Morgan fingerprint density at radius 3 is 1.09 bits per heavy atom. The zero-order valence-corrected chi connectivity index (χ0v) is 41.5. The van der Waals surface area contributed by atoms with E-state index in [1.54, 1.807) is 0 Å². The Hall–Kier alpha value is -3.67. The van der Waals surface area contributed by atoms with Crippen molar-refractivity contribution < 1.29 is 28.6 Å². The minimum absolute atomic E-state index is 0.0966. The minimum Gasteiger partial charge on any atom is -0.462 e. The number of unbranched alkanes of at least 4 members (excludes halogenated alkanes) is 21. The monoisotopic (exact) mass is 889 g/mol. The molecule has 6 nitrogen and oxygen atoms in total. The first kappa shape index (κ1) is 60.3. The summed E-state index contributed by atoms with van der Waals surface area (Å²) in [7, 11) is 0. The van der Waals surface area contributed by atoms with Crippen molar-refractivity contribution in [2.45, 2.75) is 239 Å². The van der Waals surface area contributed by atoms with E-state index in [1.807, 2.05) is 0 Å². The van der Waals surface area contributed by atoms with Gasteiger partial charge in [-0.2, -0.15) is 0 Å². The predicted molar refractivity (Wildman–Crippen MR) is 274 cm³/mol. The average Bonchev–Trinajstić information content (AvgIpc) is 3.29. The van der Waals surface area contributed by atoms with E-state index in [4.69, 9.17) is 14.2 Å². The number of carbonyl (C=O) groups excluding carboxylic acids is 3. The molecule has 0 aliphatic rings. The van der Waals surface area contributed by atoms with Gasteiger partial charge in [0, 0.05) is 19.3 Å². The Labute approximate surface area is 394 Å². The Morgan fingerprint density at radius 1 is 0.344 bits per heavy atom. The summed E-state index contributed by atoms with van der Waals surface area (Å²) in [6.07, 6.45) is 68.2. The molecule has 1 atom stereocenters. The molecule has 0 amide bonds. The third-order valence-corrected chi connectivity index (χ3v) is 10.9. The standard InChI is InChI=1S/C58H96O6/c1-4-7-10-13-16-19-21-23-25-27-29-31-32-34-36-39-42-45-48-51-57(60)63-54-55(53-62-56(59)50-47-44-41-38-18-15-12-9-6-3)64-58(61)52-49-46-43-40-37-35-33-30-28-26-24-22-20-17-14-11-8-5-2/h7,10,16,19,22-26,28-31,33-34,36,55H,4-6,8-9,11-15,17-18,20-21,27,32,35,37-54H2,1-3H3/b10-7-,19-16-,24-22-,25-23-,28-26-,31-29-,33-30-,36-34-. The SMILES string of the molecule is CC/C=C\C/C=C\C/C=C\C/C=C\C/C=C\CCCCCC(=O)OCC(COC(=O)CCCCCCCCCCC)OC(=O)CCCCCCC\C=C/C=C\C=C/CCCCCCC. The van der Waals surface area contributed by atoms with Crippen LogP contribution in [-0.2, 0) is 28.6 Å². The first-order valence-corrected chi connectivity index (χ1v) is 26.3. The topological polar surface area (TPSA) is 78.9 Å². The van der Waals surface area contributed by atoms with Crippen LogP contribution in [0.3, 0.4) is 0 Å². The van der Waals surface area contributed by atoms with Gasteiger partial charge in [-0.1, -0.05) is 221 Å². The van der Waals surface area contributed by atoms with Crippen molar-refractivity contribution in [3.8, 4) is 0 Å². The quantitative estimate of drug-likeness (QED) is 0.0199. The van der Waals surface area contributed by atoms with Gasteiger partial charge < -0.3 is 14.2 Å². The van der Waals surface area contributed by atoms with Crippen LogP contribution in [0.15, 0.2) is 97.2 Å². The highest BCUT2D eigenvalue weighted by Crippen LogP contribution is 2.13. The molecule has 0 saturated carbocycles. The zero-order valence-electron chi connectivity index (χ0n) is 41.5. The zero-order chi connectivity index (χ0) is 46.5. The molecule has 0 heterocycles. The van der Waals surface area contributed by atoms with Crippen molar-refractivity contribution in [3.63, 3.8) is 0 Å². The van der Waals surface area contributed by atoms with Crippen molar-refractivity contribution in [1.29, 1.82) is 0 Å². The van der Waals surface area contributed by atoms with Gasteiger partial charge in [-0.3, -0.25) is 14.4 Å². The van der Waals surface area contributed by atoms with Crippen LogP contribution in [0.5, 0.6) is 0 Å². The van der Waals surface area contributed by atoms with E-state index in [2.05, 4.69) is 118 Å². The predicted octanol–water partition coefficient (Wildman–Crippen LogP) is 17.4. The van der Waals surface area contributed by atoms with Gasteiger partial charge in [0.1, 0.15) is 13.2 Å². The molecule has 0 aromatic rings. The minimum atomic E-state index is -0.800. The van der Waals surface area contributed by atoms with Crippen LogP contribution in [-0.4, -0.2) is 37.2 Å². The molecule has 0 fully saturated rings. The molecule has 0 rings (SSSR count). The lowest BCUT2D eigenvalue weighted by atomic mass is 10.1. The fourth-order valence-corrected chi connectivity index (χ4v) is 6.94. The molecule has 0 aromatic carbocycles. The van der Waals surface area contributed by atoms with Gasteiger partial charge in [0.05, 0.1) is 0 Å². The summed E-state index contributed by atoms with van der Waals surface area (Å²) in [5.41, 5.74) is 0. The highest BCUT2D eigenvalue weighted by atomic mass is 16.6. The van der Waals surface area contributed by atoms with Gasteiger partial charge in [0.25, 0.3) is 0 Å². The van der Waals surface area contributed by atoms with Gasteiger partial charge in [-0.05, 0) is 89.9 Å². The molecular weight excluding hydrogens is 793 g/mol. The molecule has 6 heteroatoms. The normalized spacial score (nSPS) is 12.9. The van der Waals surface area contributed by atoms with Crippen LogP contribution in [0.25, 0.3) is 0 Å². The second kappa shape index (κ2) is 52.0. The lowest BCUT2D eigenvalue weighted by molar-refractivity contribution is -0.167. The highest BCUT2D eigenvalue weighted by Gasteiger charge is 2.19. The van der Waals surface area contributed by atoms with Crippen LogP contribution < -0.4 is 0 Å². The number of carbonyl (C=O) groups is 3. The fraction of sp³-hybridized carbons (Fsp3) is 0.672. The van der Waals surface area contributed by atoms with Gasteiger partial charge in [0.15, 0.2) is 6.10 Å². The van der Waals surface area contributed by atoms with Crippen LogP contribution in [0.4, 0.5) is 0 Å². The van der Waals surface area contributed by atoms with Gasteiger partial charge in [0.2, 0.25) is 0 Å². The summed E-state index contributed by atoms with van der Waals surface area (Å²) in [4.78, 5) is 37.9. The molecule has 0 aliphatic heterocycles. The van der Waals surface area contributed by atoms with Crippen molar-refractivity contribution in [2.75, 3.05) is 13.2 Å². The Morgan fingerprint density at radius 2 is 0.672 bits per heavy atom. The van der Waals surface area contributed by atoms with Crippen LogP contribution in [0, 0.1) is 0 Å². The molecule has 0 bridgehead atoms. The van der Waals surface area contributed by atoms with Crippen LogP contribution in [0.1, 0.15) is 233 Å². The van der Waals surface area contributed by atoms with Crippen LogP contribution in [0.2, 0.25) is 0 Å². The third kappa shape index (κ3) is 49.3. The number of ether oxygens (including phenoxy) is 3. The van der Waals surface area contributed by atoms with E-state index in [0.29, 0.717) is 19.3 Å². The summed E-state index contributed by atoms with van der Waals surface area (Å²) in [6.45, 7) is 6.43. The number of hydrogen-bond acceptors (Lipinski definition) is 6. The smallest absolute Gasteiger partial charge is 0.306 e. The summed E-state index contributed by atoms with van der Waals surface area (Å²) in [5, 5.41) is 0. The second-order valence-corrected chi connectivity index (χ2v) is 17.1. The summed E-state index contributed by atoms with van der Waals surface area (Å²) < 4.78 is 16.7. The first-order chi connectivity index (χ1) is 31.5. The molecule has 0 aliphatic carbocycles. The van der Waals surface area contributed by atoms with E-state index in [9.17, 15) is 14.4 Å². The number of rotatable bonds is 46. The number of esters is 3. The van der Waals surface area contributed by atoms with Gasteiger partial charge in [-0.25, -0.2) is 0 Å². The Balaban J connectivity index is 4.44. The van der Waals surface area contributed by atoms with Crippen molar-refractivity contribution in [3.05, 3.63) is 97.2 Å². The molecule has 0 aromatic heterocycles. The molecule has 1 unspecified atom stereocenters. The second-order valence-electron chi connectivity index (χ2n) is 17.1. The van der Waals surface area contributed by atoms with Crippen molar-refractivity contribution in [2.24, 2.45) is 0 Å². The van der Waals surface area contributed by atoms with Crippen molar-refractivity contribution in [1.82, 2.24) is 0 Å². The molecule has 64 heavy (non-hydrogen) atoms. The average molecular weight is 889 g/mol. The molecule has 0 radical (unpaired) electrons. The van der Waals surface area contributed by atoms with Gasteiger partial charge in [-0.15, -0.1) is 0 Å². The van der Waals surface area contributed by atoms with Gasteiger partial charge >= 0.3 is 17.9 Å². The van der Waals surface area contributed by atoms with E-state index >= 15 is 0 Å². The molecule has 0 saturated heterocycles. The molecule has 0 N–H and O–H groups in total. The number of hydrogen-bond donors (Lipinski definition) is 0. The largest absolute Gasteiger partial charge is 0.462 e. The molecule has 0 spiro atoms. The van der Waals surface area contributed by atoms with E-state index in [0.717, 1.165) is 122 Å². The summed E-state index contributed by atoms with van der Waals surface area (Å²) in [6, 6.07) is 0. The lowest BCUT2D eigenvalue weighted by Gasteiger charge is -2.18.